The minimum Gasteiger partial charge on any atom is -0.454 e. The zero-order chi connectivity index (χ0) is 20.4. The molecule has 0 bridgehead atoms. The molecule has 1 amide bonds. The molecule has 1 N–H and O–H groups in total. The van der Waals surface area contributed by atoms with Crippen LogP contribution in [-0.4, -0.2) is 35.2 Å². The molecule has 0 atom stereocenters. The monoisotopic (exact) mass is 393 g/mol. The van der Waals surface area contributed by atoms with Crippen molar-refractivity contribution in [2.75, 3.05) is 5.32 Å². The second-order valence-corrected chi connectivity index (χ2v) is 6.94. The summed E-state index contributed by atoms with van der Waals surface area (Å²) in [5.41, 5.74) is 3.65. The van der Waals surface area contributed by atoms with Crippen LogP contribution in [-0.2, 0) is 19.6 Å². The van der Waals surface area contributed by atoms with Gasteiger partial charge in [-0.1, -0.05) is 0 Å². The number of amides is 1. The molecule has 0 aromatic carbocycles. The lowest BCUT2D eigenvalue weighted by Gasteiger charge is -2.02. The van der Waals surface area contributed by atoms with Crippen molar-refractivity contribution in [3.63, 3.8) is 0 Å². The van der Waals surface area contributed by atoms with Gasteiger partial charge in [0, 0.05) is 30.2 Å². The van der Waals surface area contributed by atoms with E-state index < -0.39 is 0 Å². The maximum atomic E-state index is 12.5. The molecule has 0 spiro atoms. The molecule has 0 unspecified atom stereocenters. The lowest BCUT2D eigenvalue weighted by molar-refractivity contribution is 0.0994. The maximum Gasteiger partial charge on any atom is 0.291 e. The van der Waals surface area contributed by atoms with E-state index >= 15 is 0 Å². The number of hydrogen-bond acceptors (Lipinski definition) is 5. The van der Waals surface area contributed by atoms with Crippen LogP contribution in [0.3, 0.4) is 0 Å². The molecule has 0 aliphatic rings. The van der Waals surface area contributed by atoms with E-state index in [1.54, 1.807) is 29.2 Å². The van der Waals surface area contributed by atoms with Gasteiger partial charge in [0.2, 0.25) is 0 Å². The van der Waals surface area contributed by atoms with Crippen molar-refractivity contribution >= 4 is 11.6 Å². The molecule has 29 heavy (non-hydrogen) atoms. The van der Waals surface area contributed by atoms with Gasteiger partial charge in [0.15, 0.2) is 5.76 Å². The van der Waals surface area contributed by atoms with Crippen molar-refractivity contribution in [3.05, 3.63) is 71.5 Å². The molecule has 0 radical (unpaired) electrons. The van der Waals surface area contributed by atoms with E-state index in [1.807, 2.05) is 48.6 Å². The highest BCUT2D eigenvalue weighted by atomic mass is 16.4. The smallest absolute Gasteiger partial charge is 0.291 e. The number of anilines is 1. The van der Waals surface area contributed by atoms with Gasteiger partial charge in [-0.15, -0.1) is 0 Å². The molecule has 0 aliphatic carbocycles. The molecule has 4 aromatic rings. The molecule has 4 rings (SSSR count). The molecule has 150 valence electrons. The first-order chi connectivity index (χ1) is 14.0. The highest BCUT2D eigenvalue weighted by molar-refractivity contribution is 6.02. The molecule has 0 saturated heterocycles. The minimum atomic E-state index is -0.317. The highest BCUT2D eigenvalue weighted by Gasteiger charge is 2.14. The second-order valence-electron chi connectivity index (χ2n) is 6.94. The zero-order valence-electron chi connectivity index (χ0n) is 16.7. The minimum absolute atomic E-state index is 0.249. The first kappa shape index (κ1) is 18.7. The Kier molecular flexibility index (Phi) is 5.03. The summed E-state index contributed by atoms with van der Waals surface area (Å²) in [5.74, 6) is 0.603. The Bertz CT molecular complexity index is 1130. The highest BCUT2D eigenvalue weighted by Crippen LogP contribution is 2.14. The topological polar surface area (TPSA) is 95.7 Å². The van der Waals surface area contributed by atoms with E-state index in [9.17, 15) is 4.79 Å². The number of carbonyl (C=O) groups excluding carboxylic acids is 1. The van der Waals surface area contributed by atoms with Crippen molar-refractivity contribution in [1.82, 2.24) is 29.3 Å². The molecule has 9 heteroatoms. The van der Waals surface area contributed by atoms with Gasteiger partial charge in [-0.05, 0) is 39.0 Å². The Morgan fingerprint density at radius 3 is 2.66 bits per heavy atom. The Labute approximate surface area is 167 Å². The first-order valence-corrected chi connectivity index (χ1v) is 9.45. The molecule has 0 fully saturated rings. The van der Waals surface area contributed by atoms with Crippen LogP contribution in [0.15, 0.2) is 47.4 Å². The maximum absolute atomic E-state index is 12.5. The number of nitrogens with zero attached hydrogens (tertiary/aromatic N) is 6. The molecule has 4 heterocycles. The zero-order valence-corrected chi connectivity index (χ0v) is 16.7. The summed E-state index contributed by atoms with van der Waals surface area (Å²) in [6.07, 6.45) is 7.19. The van der Waals surface area contributed by atoms with Crippen molar-refractivity contribution in [3.8, 4) is 0 Å². The van der Waals surface area contributed by atoms with Crippen molar-refractivity contribution in [2.45, 2.75) is 40.4 Å². The van der Waals surface area contributed by atoms with Gasteiger partial charge in [-0.3, -0.25) is 18.8 Å². The van der Waals surface area contributed by atoms with E-state index in [1.165, 1.54) is 0 Å². The van der Waals surface area contributed by atoms with E-state index in [0.29, 0.717) is 24.5 Å². The van der Waals surface area contributed by atoms with Gasteiger partial charge in [0.25, 0.3) is 5.91 Å². The Balaban J connectivity index is 1.38. The van der Waals surface area contributed by atoms with Crippen LogP contribution in [0, 0.1) is 13.8 Å². The normalized spacial score (nSPS) is 11.1. The number of carbonyl (C=O) groups is 1. The average Bonchev–Trinajstić information content (AvgIpc) is 3.46. The largest absolute Gasteiger partial charge is 0.454 e. The third kappa shape index (κ3) is 4.29. The fourth-order valence-electron chi connectivity index (χ4n) is 3.12. The van der Waals surface area contributed by atoms with Crippen molar-refractivity contribution in [2.24, 2.45) is 0 Å². The summed E-state index contributed by atoms with van der Waals surface area (Å²) in [7, 11) is 0. The second kappa shape index (κ2) is 7.78. The van der Waals surface area contributed by atoms with Gasteiger partial charge in [-0.2, -0.15) is 15.3 Å². The summed E-state index contributed by atoms with van der Waals surface area (Å²) in [6.45, 7) is 7.86. The van der Waals surface area contributed by atoms with Gasteiger partial charge < -0.3 is 9.73 Å². The predicted octanol–water partition coefficient (Wildman–Crippen LogP) is 2.85. The fraction of sp³-hybridized carbons (Fsp3) is 0.300. The number of rotatable bonds is 7. The number of furan rings is 1. The van der Waals surface area contributed by atoms with E-state index in [0.717, 1.165) is 23.5 Å². The molecule has 4 aromatic heterocycles. The number of aryl methyl sites for hydroxylation is 3. The van der Waals surface area contributed by atoms with Crippen molar-refractivity contribution < 1.29 is 9.21 Å². The third-order valence-corrected chi connectivity index (χ3v) is 4.54. The molecule has 9 nitrogen and oxygen atoms in total. The van der Waals surface area contributed by atoms with Crippen LogP contribution in [0.1, 0.15) is 40.2 Å². The average molecular weight is 393 g/mol. The molecular formula is C20H23N7O2. The van der Waals surface area contributed by atoms with E-state index in [-0.39, 0.29) is 11.7 Å². The van der Waals surface area contributed by atoms with Gasteiger partial charge in [0.05, 0.1) is 36.9 Å². The lowest BCUT2D eigenvalue weighted by atomic mass is 10.3. The van der Waals surface area contributed by atoms with Crippen LogP contribution < -0.4 is 5.32 Å². The van der Waals surface area contributed by atoms with Crippen molar-refractivity contribution in [1.29, 1.82) is 0 Å². The summed E-state index contributed by atoms with van der Waals surface area (Å²) in [4.78, 5) is 12.5. The summed E-state index contributed by atoms with van der Waals surface area (Å²) in [6, 6.07) is 5.46. The SMILES string of the molecule is CCn1cc(Cn2cc(NC(=O)c3ccc(Cn4nc(C)cc4C)o3)cn2)cn1. The summed E-state index contributed by atoms with van der Waals surface area (Å²) < 4.78 is 11.2. The molecule has 0 aliphatic heterocycles. The lowest BCUT2D eigenvalue weighted by Crippen LogP contribution is -2.10. The van der Waals surface area contributed by atoms with Crippen LogP contribution in [0.5, 0.6) is 0 Å². The predicted molar refractivity (Wildman–Crippen MR) is 107 cm³/mol. The molecular weight excluding hydrogens is 370 g/mol. The Hall–Kier alpha value is -3.62. The van der Waals surface area contributed by atoms with Gasteiger partial charge >= 0.3 is 0 Å². The number of nitrogens with one attached hydrogen (secondary N) is 1. The third-order valence-electron chi connectivity index (χ3n) is 4.54. The first-order valence-electron chi connectivity index (χ1n) is 9.45. The quantitative estimate of drug-likeness (QED) is 0.521. The Morgan fingerprint density at radius 2 is 1.93 bits per heavy atom. The van der Waals surface area contributed by atoms with Gasteiger partial charge in [-0.25, -0.2) is 0 Å². The van der Waals surface area contributed by atoms with E-state index in [4.69, 9.17) is 4.42 Å². The standard InChI is InChI=1S/C20H23N7O2/c1-4-25-10-16(8-21-25)11-26-12-17(9-22-26)23-20(28)19-6-5-18(29-19)13-27-15(3)7-14(2)24-27/h5-10,12H,4,11,13H2,1-3H3,(H,23,28). The van der Waals surface area contributed by atoms with Crippen LogP contribution >= 0.6 is 0 Å². The fourth-order valence-corrected chi connectivity index (χ4v) is 3.12. The van der Waals surface area contributed by atoms with E-state index in [2.05, 4.69) is 20.6 Å². The number of hydrogen-bond donors (Lipinski definition) is 1. The van der Waals surface area contributed by atoms with Gasteiger partial charge in [0.1, 0.15) is 5.76 Å². The van der Waals surface area contributed by atoms with Crippen LogP contribution in [0.2, 0.25) is 0 Å². The Morgan fingerprint density at radius 1 is 1.10 bits per heavy atom. The molecule has 0 saturated carbocycles. The number of aromatic nitrogens is 6. The van der Waals surface area contributed by atoms with Crippen LogP contribution in [0.4, 0.5) is 5.69 Å². The summed E-state index contributed by atoms with van der Waals surface area (Å²) in [5, 5.41) is 15.8. The van der Waals surface area contributed by atoms with Crippen LogP contribution in [0.25, 0.3) is 0 Å². The summed E-state index contributed by atoms with van der Waals surface area (Å²) >= 11 is 0.